The molecule has 0 aliphatic heterocycles. The third-order valence-corrected chi connectivity index (χ3v) is 6.06. The van der Waals surface area contributed by atoms with E-state index in [-0.39, 0.29) is 37.7 Å². The predicted octanol–water partition coefficient (Wildman–Crippen LogP) is -4.60. The van der Waals surface area contributed by atoms with Gasteiger partial charge >= 0.3 is 11.9 Å². The Bertz CT molecular complexity index is 1030. The third-order valence-electron chi connectivity index (χ3n) is 6.06. The number of amides is 5. The van der Waals surface area contributed by atoms with Crippen LogP contribution in [-0.2, 0) is 33.6 Å². The van der Waals surface area contributed by atoms with Crippen molar-refractivity contribution >= 4 is 47.4 Å². The largest absolute Gasteiger partial charge is 0.481 e. The summed E-state index contributed by atoms with van der Waals surface area (Å²) in [5.74, 6) is -7.27. The van der Waals surface area contributed by atoms with Gasteiger partial charge in [-0.1, -0.05) is 13.8 Å². The smallest absolute Gasteiger partial charge is 0.326 e. The van der Waals surface area contributed by atoms with Crippen LogP contribution in [0.3, 0.4) is 0 Å². The number of nitrogens with two attached hydrogens (primary N) is 4. The molecule has 0 aromatic rings. The summed E-state index contributed by atoms with van der Waals surface area (Å²) in [5.41, 5.74) is 21.7. The van der Waals surface area contributed by atoms with E-state index in [1.165, 1.54) is 0 Å². The Labute approximate surface area is 254 Å². The Balaban J connectivity index is 5.33. The van der Waals surface area contributed by atoms with E-state index in [1.54, 1.807) is 13.8 Å². The molecule has 0 aliphatic carbocycles. The van der Waals surface area contributed by atoms with Gasteiger partial charge in [0.1, 0.15) is 18.1 Å². The van der Waals surface area contributed by atoms with Crippen molar-refractivity contribution in [2.24, 2.45) is 33.8 Å². The van der Waals surface area contributed by atoms with Gasteiger partial charge in [-0.05, 0) is 44.6 Å². The van der Waals surface area contributed by atoms with Crippen LogP contribution >= 0.6 is 0 Å². The van der Waals surface area contributed by atoms with Crippen molar-refractivity contribution in [2.75, 3.05) is 26.2 Å². The third kappa shape index (κ3) is 17.4. The van der Waals surface area contributed by atoms with Crippen molar-refractivity contribution in [1.29, 1.82) is 0 Å². The molecule has 0 rings (SSSR count). The lowest BCUT2D eigenvalue weighted by atomic mass is 10.1. The standard InChI is InChI=1S/C25H46N10O9/c1-13(2)20(27)23(42)32-12-17(36)33-14(7-5-9-30-25(28)29)21(40)31-11-18(37)34-16(10-19(38)39)22(41)35-15(24(43)44)6-3-4-8-26/h13-16,20H,3-12,26-27H2,1-2H3,(H,31,40)(H,32,42)(H,33,36)(H,34,37)(H,35,41)(H,38,39)(H,43,44)(H4,28,29,30)/t14-,15-,16-,20-/m0/s1. The van der Waals surface area contributed by atoms with Crippen molar-refractivity contribution in [3.8, 4) is 0 Å². The fourth-order valence-electron chi connectivity index (χ4n) is 3.55. The number of carbonyl (C=O) groups excluding carboxylic acids is 5. The van der Waals surface area contributed by atoms with Gasteiger partial charge in [0.15, 0.2) is 5.96 Å². The predicted molar refractivity (Wildman–Crippen MR) is 157 cm³/mol. The first kappa shape index (κ1) is 39.5. The molecule has 4 atom stereocenters. The molecule has 44 heavy (non-hydrogen) atoms. The number of aliphatic carboxylic acids is 2. The van der Waals surface area contributed by atoms with E-state index in [4.69, 9.17) is 22.9 Å². The zero-order chi connectivity index (χ0) is 33.8. The summed E-state index contributed by atoms with van der Waals surface area (Å²) in [6, 6.07) is -5.03. The van der Waals surface area contributed by atoms with Gasteiger partial charge in [-0.15, -0.1) is 0 Å². The highest BCUT2D eigenvalue weighted by molar-refractivity contribution is 5.95. The molecule has 0 fully saturated rings. The monoisotopic (exact) mass is 630 g/mol. The van der Waals surface area contributed by atoms with Crippen molar-refractivity contribution in [3.05, 3.63) is 0 Å². The SMILES string of the molecule is CC(C)[C@H](N)C(=O)NCC(=O)N[C@@H](CCCN=C(N)N)C(=O)NCC(=O)N[C@@H](CC(=O)O)C(=O)N[C@@H](CCCCN)C(=O)O. The van der Waals surface area contributed by atoms with Crippen LogP contribution in [0, 0.1) is 5.92 Å². The van der Waals surface area contributed by atoms with Gasteiger partial charge < -0.3 is 59.7 Å². The van der Waals surface area contributed by atoms with E-state index in [2.05, 4.69) is 31.6 Å². The fourth-order valence-corrected chi connectivity index (χ4v) is 3.55. The van der Waals surface area contributed by atoms with E-state index in [0.29, 0.717) is 19.4 Å². The number of carboxylic acid groups (broad SMARTS) is 2. The summed E-state index contributed by atoms with van der Waals surface area (Å²) in [4.78, 5) is 89.1. The number of guanidine groups is 1. The lowest BCUT2D eigenvalue weighted by Gasteiger charge is -2.21. The zero-order valence-corrected chi connectivity index (χ0v) is 25.0. The number of carboxylic acids is 2. The lowest BCUT2D eigenvalue weighted by Crippen LogP contribution is -2.55. The summed E-state index contributed by atoms with van der Waals surface area (Å²) in [5, 5.41) is 30.0. The van der Waals surface area contributed by atoms with Gasteiger partial charge in [-0.3, -0.25) is 33.8 Å². The molecule has 0 unspecified atom stereocenters. The van der Waals surface area contributed by atoms with Gasteiger partial charge in [0.2, 0.25) is 29.5 Å². The van der Waals surface area contributed by atoms with E-state index >= 15 is 0 Å². The summed E-state index contributed by atoms with van der Waals surface area (Å²) >= 11 is 0. The van der Waals surface area contributed by atoms with Gasteiger partial charge in [0, 0.05) is 6.54 Å². The second kappa shape index (κ2) is 21.2. The molecule has 0 radical (unpaired) electrons. The molecule has 0 aliphatic rings. The number of unbranched alkanes of at least 4 members (excludes halogenated alkanes) is 1. The minimum Gasteiger partial charge on any atom is -0.481 e. The van der Waals surface area contributed by atoms with Crippen LogP contribution < -0.4 is 49.5 Å². The number of nitrogens with one attached hydrogen (secondary N) is 5. The van der Waals surface area contributed by atoms with Crippen molar-refractivity contribution in [3.63, 3.8) is 0 Å². The molecule has 250 valence electrons. The Kier molecular flexibility index (Phi) is 19.0. The Morgan fingerprint density at radius 2 is 1.27 bits per heavy atom. The van der Waals surface area contributed by atoms with Crippen LogP contribution in [0.1, 0.15) is 52.4 Å². The molecule has 5 amide bonds. The molecular weight excluding hydrogens is 584 g/mol. The molecule has 0 bridgehead atoms. The summed E-state index contributed by atoms with van der Waals surface area (Å²) in [7, 11) is 0. The van der Waals surface area contributed by atoms with Gasteiger partial charge in [-0.25, -0.2) is 4.79 Å². The van der Waals surface area contributed by atoms with Crippen LogP contribution in [0.25, 0.3) is 0 Å². The molecule has 0 saturated carbocycles. The van der Waals surface area contributed by atoms with Gasteiger partial charge in [0.05, 0.1) is 25.6 Å². The Hall–Kier alpha value is -4.52. The van der Waals surface area contributed by atoms with Crippen LogP contribution in [0.15, 0.2) is 4.99 Å². The van der Waals surface area contributed by atoms with E-state index < -0.39 is 85.2 Å². The van der Waals surface area contributed by atoms with E-state index in [9.17, 15) is 43.8 Å². The minimum absolute atomic E-state index is 0.0280. The quantitative estimate of drug-likeness (QED) is 0.0305. The molecule has 19 heteroatoms. The molecule has 0 heterocycles. The maximum atomic E-state index is 12.8. The number of aliphatic imine (C=N–C) groups is 1. The summed E-state index contributed by atoms with van der Waals surface area (Å²) < 4.78 is 0. The molecule has 0 aromatic heterocycles. The number of nitrogens with zero attached hydrogens (tertiary/aromatic N) is 1. The van der Waals surface area contributed by atoms with Crippen LogP contribution in [0.2, 0.25) is 0 Å². The summed E-state index contributed by atoms with van der Waals surface area (Å²) in [6.45, 7) is 2.69. The minimum atomic E-state index is -1.65. The first-order valence-corrected chi connectivity index (χ1v) is 14.0. The molecule has 0 saturated heterocycles. The average Bonchev–Trinajstić information content (AvgIpc) is 2.94. The number of hydrogen-bond donors (Lipinski definition) is 11. The van der Waals surface area contributed by atoms with Crippen LogP contribution in [0.4, 0.5) is 0 Å². The lowest BCUT2D eigenvalue weighted by molar-refractivity contribution is -0.143. The van der Waals surface area contributed by atoms with Crippen LogP contribution in [-0.4, -0.2) is 108 Å². The molecule has 0 aromatic carbocycles. The molecular formula is C25H46N10O9. The van der Waals surface area contributed by atoms with Crippen LogP contribution in [0.5, 0.6) is 0 Å². The molecule has 0 spiro atoms. The Morgan fingerprint density at radius 1 is 0.727 bits per heavy atom. The van der Waals surface area contributed by atoms with Crippen molar-refractivity contribution in [1.82, 2.24) is 26.6 Å². The van der Waals surface area contributed by atoms with E-state index in [1.807, 2.05) is 0 Å². The molecule has 19 nitrogen and oxygen atoms in total. The van der Waals surface area contributed by atoms with Crippen molar-refractivity contribution < 1.29 is 43.8 Å². The highest BCUT2D eigenvalue weighted by Crippen LogP contribution is 2.04. The molecule has 15 N–H and O–H groups in total. The second-order valence-electron chi connectivity index (χ2n) is 10.2. The maximum Gasteiger partial charge on any atom is 0.326 e. The number of carbonyl (C=O) groups is 7. The Morgan fingerprint density at radius 3 is 1.77 bits per heavy atom. The number of hydrogen-bond acceptors (Lipinski definition) is 10. The van der Waals surface area contributed by atoms with Gasteiger partial charge in [-0.2, -0.15) is 0 Å². The van der Waals surface area contributed by atoms with Gasteiger partial charge in [0.25, 0.3) is 0 Å². The first-order chi connectivity index (χ1) is 20.6. The highest BCUT2D eigenvalue weighted by atomic mass is 16.4. The maximum absolute atomic E-state index is 12.8. The summed E-state index contributed by atoms with van der Waals surface area (Å²) in [6.07, 6.45) is 0.329. The first-order valence-electron chi connectivity index (χ1n) is 14.0. The average molecular weight is 631 g/mol. The highest BCUT2D eigenvalue weighted by Gasteiger charge is 2.29. The second-order valence-corrected chi connectivity index (χ2v) is 10.2. The van der Waals surface area contributed by atoms with E-state index in [0.717, 1.165) is 0 Å². The normalized spacial score (nSPS) is 13.4. The zero-order valence-electron chi connectivity index (χ0n) is 25.0. The fraction of sp³-hybridized carbons (Fsp3) is 0.680. The van der Waals surface area contributed by atoms with Crippen molar-refractivity contribution in [2.45, 2.75) is 76.5 Å². The topological polar surface area (TPSA) is 337 Å². The number of rotatable bonds is 22.